The first kappa shape index (κ1) is 12.9. The van der Waals surface area contributed by atoms with Crippen LogP contribution in [0.1, 0.15) is 0 Å². The standard InChI is InChI=1S/C12H13IN4O/c13-11-7-15-8-17-12(11)16-4-5-18-10-3-1-2-9(14)6-10/h1-3,6-8H,4-5,14H2,(H,15,16,17). The zero-order valence-corrected chi connectivity index (χ0v) is 11.8. The summed E-state index contributed by atoms with van der Waals surface area (Å²) in [5, 5.41) is 3.18. The lowest BCUT2D eigenvalue weighted by Crippen LogP contribution is -2.13. The fraction of sp³-hybridized carbons (Fsp3) is 0.167. The molecular formula is C12H13IN4O. The highest BCUT2D eigenvalue weighted by Crippen LogP contribution is 2.15. The minimum Gasteiger partial charge on any atom is -0.492 e. The van der Waals surface area contributed by atoms with Crippen LogP contribution in [0.2, 0.25) is 0 Å². The van der Waals surface area contributed by atoms with Gasteiger partial charge in [-0.05, 0) is 34.7 Å². The van der Waals surface area contributed by atoms with E-state index < -0.39 is 0 Å². The van der Waals surface area contributed by atoms with Gasteiger partial charge in [0.05, 0.1) is 10.1 Å². The molecule has 0 aliphatic heterocycles. The molecule has 0 saturated heterocycles. The van der Waals surface area contributed by atoms with Gasteiger partial charge in [0.15, 0.2) is 0 Å². The van der Waals surface area contributed by atoms with Crippen molar-refractivity contribution in [3.63, 3.8) is 0 Å². The van der Waals surface area contributed by atoms with E-state index in [-0.39, 0.29) is 0 Å². The van der Waals surface area contributed by atoms with Crippen molar-refractivity contribution in [2.75, 3.05) is 24.2 Å². The molecule has 2 rings (SSSR count). The summed E-state index contributed by atoms with van der Waals surface area (Å²) < 4.78 is 6.55. The summed E-state index contributed by atoms with van der Waals surface area (Å²) in [4.78, 5) is 8.06. The Labute approximate surface area is 119 Å². The maximum Gasteiger partial charge on any atom is 0.142 e. The highest BCUT2D eigenvalue weighted by atomic mass is 127. The Bertz CT molecular complexity index is 521. The average Bonchev–Trinajstić information content (AvgIpc) is 2.37. The van der Waals surface area contributed by atoms with Gasteiger partial charge in [-0.25, -0.2) is 9.97 Å². The molecule has 0 saturated carbocycles. The summed E-state index contributed by atoms with van der Waals surface area (Å²) in [6.45, 7) is 1.21. The number of rotatable bonds is 5. The molecule has 0 amide bonds. The molecule has 2 aromatic rings. The molecule has 0 unspecified atom stereocenters. The summed E-state index contributed by atoms with van der Waals surface area (Å²) in [5.74, 6) is 1.59. The van der Waals surface area contributed by atoms with E-state index in [4.69, 9.17) is 10.5 Å². The lowest BCUT2D eigenvalue weighted by Gasteiger charge is -2.09. The molecule has 0 aliphatic carbocycles. The number of hydrogen-bond acceptors (Lipinski definition) is 5. The monoisotopic (exact) mass is 356 g/mol. The molecule has 0 bridgehead atoms. The Morgan fingerprint density at radius 1 is 1.39 bits per heavy atom. The predicted molar refractivity (Wildman–Crippen MR) is 79.6 cm³/mol. The van der Waals surface area contributed by atoms with Crippen molar-refractivity contribution < 1.29 is 4.74 Å². The van der Waals surface area contributed by atoms with E-state index in [1.54, 1.807) is 12.3 Å². The van der Waals surface area contributed by atoms with E-state index in [0.29, 0.717) is 18.8 Å². The molecule has 5 nitrogen and oxygen atoms in total. The van der Waals surface area contributed by atoms with Gasteiger partial charge in [0, 0.05) is 18.0 Å². The summed E-state index contributed by atoms with van der Waals surface area (Å²) in [6, 6.07) is 7.37. The van der Waals surface area contributed by atoms with Gasteiger partial charge < -0.3 is 15.8 Å². The summed E-state index contributed by atoms with van der Waals surface area (Å²) in [5.41, 5.74) is 6.36. The quantitative estimate of drug-likeness (QED) is 0.488. The first-order chi connectivity index (χ1) is 8.75. The van der Waals surface area contributed by atoms with Crippen LogP contribution in [0.3, 0.4) is 0 Å². The Morgan fingerprint density at radius 2 is 2.28 bits per heavy atom. The zero-order chi connectivity index (χ0) is 12.8. The highest BCUT2D eigenvalue weighted by Gasteiger charge is 1.99. The number of anilines is 2. The van der Waals surface area contributed by atoms with Gasteiger partial charge in [-0.15, -0.1) is 0 Å². The molecule has 3 N–H and O–H groups in total. The normalized spacial score (nSPS) is 10.1. The smallest absolute Gasteiger partial charge is 0.142 e. The van der Waals surface area contributed by atoms with E-state index in [9.17, 15) is 0 Å². The number of nitrogen functional groups attached to an aromatic ring is 1. The molecule has 1 heterocycles. The highest BCUT2D eigenvalue weighted by molar-refractivity contribution is 14.1. The Balaban J connectivity index is 1.78. The van der Waals surface area contributed by atoms with E-state index >= 15 is 0 Å². The van der Waals surface area contributed by atoms with Crippen LogP contribution in [0.15, 0.2) is 36.8 Å². The lowest BCUT2D eigenvalue weighted by atomic mass is 10.3. The van der Waals surface area contributed by atoms with E-state index in [2.05, 4.69) is 37.9 Å². The second kappa shape index (κ2) is 6.39. The lowest BCUT2D eigenvalue weighted by molar-refractivity contribution is 0.333. The third-order valence-electron chi connectivity index (χ3n) is 2.19. The fourth-order valence-corrected chi connectivity index (χ4v) is 1.88. The molecule has 1 aromatic carbocycles. The first-order valence-electron chi connectivity index (χ1n) is 5.43. The van der Waals surface area contributed by atoms with Crippen LogP contribution in [-0.4, -0.2) is 23.1 Å². The predicted octanol–water partition coefficient (Wildman–Crippen LogP) is 2.15. The van der Waals surface area contributed by atoms with Crippen LogP contribution in [-0.2, 0) is 0 Å². The largest absolute Gasteiger partial charge is 0.492 e. The minimum atomic E-state index is 0.545. The molecule has 94 valence electrons. The molecular weight excluding hydrogens is 343 g/mol. The molecule has 0 fully saturated rings. The van der Waals surface area contributed by atoms with E-state index in [1.165, 1.54) is 6.33 Å². The van der Waals surface area contributed by atoms with Gasteiger partial charge in [-0.1, -0.05) is 6.07 Å². The maximum atomic E-state index is 5.66. The summed E-state index contributed by atoms with van der Waals surface area (Å²) in [7, 11) is 0. The van der Waals surface area contributed by atoms with Crippen molar-refractivity contribution in [1.82, 2.24) is 9.97 Å². The number of aromatic nitrogens is 2. The van der Waals surface area contributed by atoms with Crippen LogP contribution >= 0.6 is 22.6 Å². The Hall–Kier alpha value is -1.57. The molecule has 0 radical (unpaired) electrons. The van der Waals surface area contributed by atoms with E-state index in [1.807, 2.05) is 18.2 Å². The van der Waals surface area contributed by atoms with Crippen LogP contribution < -0.4 is 15.8 Å². The van der Waals surface area contributed by atoms with Crippen molar-refractivity contribution >= 4 is 34.1 Å². The third-order valence-corrected chi connectivity index (χ3v) is 2.98. The number of hydrogen-bond donors (Lipinski definition) is 2. The molecule has 0 aliphatic rings. The Kier molecular flexibility index (Phi) is 4.57. The number of ether oxygens (including phenoxy) is 1. The topological polar surface area (TPSA) is 73.1 Å². The van der Waals surface area contributed by atoms with Crippen LogP contribution in [0.4, 0.5) is 11.5 Å². The second-order valence-electron chi connectivity index (χ2n) is 3.57. The maximum absolute atomic E-state index is 5.66. The number of nitrogens with zero attached hydrogens (tertiary/aromatic N) is 2. The van der Waals surface area contributed by atoms with Gasteiger partial charge in [-0.3, -0.25) is 0 Å². The minimum absolute atomic E-state index is 0.545. The van der Waals surface area contributed by atoms with Gasteiger partial charge in [-0.2, -0.15) is 0 Å². The molecule has 1 aromatic heterocycles. The van der Waals surface area contributed by atoms with Crippen LogP contribution in [0, 0.1) is 3.57 Å². The first-order valence-corrected chi connectivity index (χ1v) is 6.51. The SMILES string of the molecule is Nc1cccc(OCCNc2ncncc2I)c1. The molecule has 0 atom stereocenters. The van der Waals surface area contributed by atoms with Crippen LogP contribution in [0.25, 0.3) is 0 Å². The van der Waals surface area contributed by atoms with Crippen molar-refractivity contribution in [3.8, 4) is 5.75 Å². The van der Waals surface area contributed by atoms with Gasteiger partial charge in [0.25, 0.3) is 0 Å². The average molecular weight is 356 g/mol. The third kappa shape index (κ3) is 3.73. The zero-order valence-electron chi connectivity index (χ0n) is 9.64. The van der Waals surface area contributed by atoms with E-state index in [0.717, 1.165) is 15.1 Å². The number of benzene rings is 1. The molecule has 6 heteroatoms. The second-order valence-corrected chi connectivity index (χ2v) is 4.73. The van der Waals surface area contributed by atoms with Gasteiger partial charge in [0.1, 0.15) is 24.5 Å². The van der Waals surface area contributed by atoms with Crippen molar-refractivity contribution in [3.05, 3.63) is 40.4 Å². The number of halogens is 1. The molecule has 18 heavy (non-hydrogen) atoms. The summed E-state index contributed by atoms with van der Waals surface area (Å²) >= 11 is 2.18. The van der Waals surface area contributed by atoms with Gasteiger partial charge in [0.2, 0.25) is 0 Å². The van der Waals surface area contributed by atoms with Gasteiger partial charge >= 0.3 is 0 Å². The Morgan fingerprint density at radius 3 is 3.06 bits per heavy atom. The van der Waals surface area contributed by atoms with Crippen molar-refractivity contribution in [1.29, 1.82) is 0 Å². The van der Waals surface area contributed by atoms with Crippen LogP contribution in [0.5, 0.6) is 5.75 Å². The summed E-state index contributed by atoms with van der Waals surface area (Å²) in [6.07, 6.45) is 3.28. The fourth-order valence-electron chi connectivity index (χ4n) is 1.39. The van der Waals surface area contributed by atoms with Crippen molar-refractivity contribution in [2.24, 2.45) is 0 Å². The number of nitrogens with one attached hydrogen (secondary N) is 1. The van der Waals surface area contributed by atoms with Crippen molar-refractivity contribution in [2.45, 2.75) is 0 Å². The number of nitrogens with two attached hydrogens (primary N) is 1. The molecule has 0 spiro atoms.